The molecule has 0 saturated carbocycles. The summed E-state index contributed by atoms with van der Waals surface area (Å²) in [6.45, 7) is 12.4. The van der Waals surface area contributed by atoms with Crippen molar-refractivity contribution < 1.29 is 19.0 Å². The lowest BCUT2D eigenvalue weighted by Crippen LogP contribution is -2.50. The molecule has 0 aromatic heterocycles. The Morgan fingerprint density at radius 3 is 2.31 bits per heavy atom. The molecular formula is C39H50N2O4. The van der Waals surface area contributed by atoms with Crippen molar-refractivity contribution in [1.82, 2.24) is 4.90 Å². The molecule has 0 radical (unpaired) electrons. The summed E-state index contributed by atoms with van der Waals surface area (Å²) in [6, 6.07) is 21.5. The van der Waals surface area contributed by atoms with E-state index < -0.39 is 5.41 Å². The zero-order valence-electron chi connectivity index (χ0n) is 27.8. The lowest BCUT2D eigenvalue weighted by molar-refractivity contribution is -0.143. The van der Waals surface area contributed by atoms with Crippen LogP contribution in [0.15, 0.2) is 60.7 Å². The van der Waals surface area contributed by atoms with Gasteiger partial charge in [-0.25, -0.2) is 0 Å². The van der Waals surface area contributed by atoms with Crippen LogP contribution in [0, 0.1) is 10.8 Å². The van der Waals surface area contributed by atoms with Gasteiger partial charge in [0.1, 0.15) is 17.2 Å². The van der Waals surface area contributed by atoms with Crippen molar-refractivity contribution in [3.8, 4) is 17.2 Å². The fourth-order valence-corrected chi connectivity index (χ4v) is 7.20. The molecule has 1 N–H and O–H groups in total. The Balaban J connectivity index is 1.08. The van der Waals surface area contributed by atoms with Gasteiger partial charge in [-0.05, 0) is 151 Å². The average molecular weight is 611 g/mol. The van der Waals surface area contributed by atoms with Crippen molar-refractivity contribution in [2.45, 2.75) is 84.6 Å². The third-order valence-electron chi connectivity index (χ3n) is 10.2. The summed E-state index contributed by atoms with van der Waals surface area (Å²) < 4.78 is 17.6. The molecule has 3 heterocycles. The molecule has 3 saturated heterocycles. The lowest BCUT2D eigenvalue weighted by Gasteiger charge is -2.48. The van der Waals surface area contributed by atoms with Crippen molar-refractivity contribution in [2.75, 3.05) is 38.7 Å². The number of ether oxygens (including phenoxy) is 3. The number of nitrogens with one attached hydrogen (secondary N) is 1. The average Bonchev–Trinajstić information content (AvgIpc) is 3.04. The third kappa shape index (κ3) is 7.49. The van der Waals surface area contributed by atoms with Crippen LogP contribution in [0.1, 0.15) is 81.5 Å². The maximum absolute atomic E-state index is 12.4. The molecule has 7 rings (SSSR count). The minimum absolute atomic E-state index is 0.205. The minimum Gasteiger partial charge on any atom is -0.497 e. The minimum atomic E-state index is -0.528. The van der Waals surface area contributed by atoms with Crippen molar-refractivity contribution in [3.63, 3.8) is 0 Å². The standard InChI is InChI=1S/C39H50N2O4/c1-27(22-28-6-11-32(12-7-28)44-26-39-16-19-41(20-17-39)21-18-39)40-36-25-33(43-5)14-15-35(36)31-9-8-30-24-34(13-10-29(30)23-31)45-37(42)38(2,3)4/h6-7,10-15,24-25,27,31,40H,8-9,16-23,26H2,1-5H3. The number of benzene rings is 3. The molecule has 0 spiro atoms. The molecular weight excluding hydrogens is 560 g/mol. The summed E-state index contributed by atoms with van der Waals surface area (Å²) in [4.78, 5) is 15.0. The summed E-state index contributed by atoms with van der Waals surface area (Å²) in [5.41, 5.74) is 6.22. The highest BCUT2D eigenvalue weighted by Crippen LogP contribution is 2.41. The summed E-state index contributed by atoms with van der Waals surface area (Å²) in [6.07, 6.45) is 7.67. The highest BCUT2D eigenvalue weighted by atomic mass is 16.5. The van der Waals surface area contributed by atoms with E-state index in [1.807, 2.05) is 26.8 Å². The molecule has 3 aromatic rings. The van der Waals surface area contributed by atoms with E-state index in [0.29, 0.717) is 17.1 Å². The van der Waals surface area contributed by atoms with Crippen molar-refractivity contribution in [3.05, 3.63) is 82.9 Å². The van der Waals surface area contributed by atoms with E-state index in [4.69, 9.17) is 14.2 Å². The smallest absolute Gasteiger partial charge is 0.316 e. The molecule has 1 aliphatic carbocycles. The SMILES string of the molecule is COc1ccc(C2CCc3cc(OC(=O)C(C)(C)C)ccc3C2)c(NC(C)Cc2ccc(OCC34CCN(CC3)CC4)cc2)c1. The van der Waals surface area contributed by atoms with Crippen LogP contribution in [0.25, 0.3) is 0 Å². The number of carbonyl (C=O) groups is 1. The largest absolute Gasteiger partial charge is 0.497 e. The van der Waals surface area contributed by atoms with Crippen LogP contribution in [-0.2, 0) is 24.1 Å². The number of esters is 1. The third-order valence-corrected chi connectivity index (χ3v) is 10.2. The Bertz CT molecular complexity index is 1470. The van der Waals surface area contributed by atoms with Crippen LogP contribution in [0.4, 0.5) is 5.69 Å². The van der Waals surface area contributed by atoms with Gasteiger partial charge in [0.25, 0.3) is 0 Å². The number of anilines is 1. The maximum atomic E-state index is 12.4. The first-order valence-electron chi connectivity index (χ1n) is 16.8. The predicted octanol–water partition coefficient (Wildman–Crippen LogP) is 7.83. The van der Waals surface area contributed by atoms with E-state index in [-0.39, 0.29) is 12.0 Å². The molecule has 2 unspecified atom stereocenters. The molecule has 0 amide bonds. The number of methoxy groups -OCH3 is 1. The number of hydrogen-bond acceptors (Lipinski definition) is 6. The Hall–Kier alpha value is -3.51. The molecule has 3 aliphatic heterocycles. The fraction of sp³-hybridized carbons (Fsp3) is 0.513. The summed E-state index contributed by atoms with van der Waals surface area (Å²) in [5, 5.41) is 3.83. The van der Waals surface area contributed by atoms with E-state index >= 15 is 0 Å². The molecule has 4 aliphatic rings. The lowest BCUT2D eigenvalue weighted by atomic mass is 9.73. The van der Waals surface area contributed by atoms with Crippen LogP contribution < -0.4 is 19.5 Å². The topological polar surface area (TPSA) is 60.0 Å². The summed E-state index contributed by atoms with van der Waals surface area (Å²) in [7, 11) is 1.73. The van der Waals surface area contributed by atoms with Gasteiger partial charge < -0.3 is 24.4 Å². The second kappa shape index (κ2) is 13.1. The van der Waals surface area contributed by atoms with Crippen molar-refractivity contribution in [2.24, 2.45) is 10.8 Å². The number of piperidine rings is 3. The van der Waals surface area contributed by atoms with Crippen LogP contribution in [0.3, 0.4) is 0 Å². The fourth-order valence-electron chi connectivity index (χ4n) is 7.20. The normalized spacial score (nSPS) is 23.1. The first-order valence-corrected chi connectivity index (χ1v) is 16.8. The van der Waals surface area contributed by atoms with Crippen molar-refractivity contribution >= 4 is 11.7 Å². The van der Waals surface area contributed by atoms with Gasteiger partial charge in [0.15, 0.2) is 0 Å². The van der Waals surface area contributed by atoms with Gasteiger partial charge in [0.05, 0.1) is 19.1 Å². The Labute approximate surface area is 269 Å². The molecule has 6 heteroatoms. The van der Waals surface area contributed by atoms with Gasteiger partial charge in [0.2, 0.25) is 0 Å². The molecule has 3 fully saturated rings. The first-order chi connectivity index (χ1) is 21.6. The number of fused-ring (bicyclic) bond motifs is 4. The quantitative estimate of drug-likeness (QED) is 0.187. The van der Waals surface area contributed by atoms with Crippen LogP contribution in [-0.4, -0.2) is 50.3 Å². The Morgan fingerprint density at radius 2 is 1.62 bits per heavy atom. The molecule has 2 atom stereocenters. The van der Waals surface area contributed by atoms with Gasteiger partial charge >= 0.3 is 5.97 Å². The second-order valence-corrected chi connectivity index (χ2v) is 14.7. The number of hydrogen-bond donors (Lipinski definition) is 1. The molecule has 240 valence electrons. The highest BCUT2D eigenvalue weighted by Gasteiger charge is 2.40. The molecule has 6 nitrogen and oxygen atoms in total. The van der Waals surface area contributed by atoms with E-state index in [0.717, 1.165) is 49.5 Å². The van der Waals surface area contributed by atoms with Gasteiger partial charge in [0, 0.05) is 23.2 Å². The number of aryl methyl sites for hydroxylation is 1. The van der Waals surface area contributed by atoms with E-state index in [9.17, 15) is 4.79 Å². The number of carbonyl (C=O) groups excluding carboxylic acids is 1. The van der Waals surface area contributed by atoms with E-state index in [1.54, 1.807) is 7.11 Å². The zero-order chi connectivity index (χ0) is 31.6. The van der Waals surface area contributed by atoms with Gasteiger partial charge in [-0.15, -0.1) is 0 Å². The number of nitrogens with zero attached hydrogens (tertiary/aromatic N) is 1. The molecule has 3 aromatic carbocycles. The first kappa shape index (κ1) is 31.5. The Kier molecular flexibility index (Phi) is 9.15. The number of rotatable bonds is 10. The maximum Gasteiger partial charge on any atom is 0.316 e. The van der Waals surface area contributed by atoms with Gasteiger partial charge in [-0.1, -0.05) is 24.3 Å². The van der Waals surface area contributed by atoms with Gasteiger partial charge in [-0.3, -0.25) is 4.79 Å². The van der Waals surface area contributed by atoms with Gasteiger partial charge in [-0.2, -0.15) is 0 Å². The summed E-state index contributed by atoms with van der Waals surface area (Å²) in [5.74, 6) is 2.67. The van der Waals surface area contributed by atoms with E-state index in [1.165, 1.54) is 61.2 Å². The van der Waals surface area contributed by atoms with Crippen LogP contribution >= 0.6 is 0 Å². The van der Waals surface area contributed by atoms with Crippen molar-refractivity contribution in [1.29, 1.82) is 0 Å². The zero-order valence-corrected chi connectivity index (χ0v) is 27.8. The predicted molar refractivity (Wildman–Crippen MR) is 181 cm³/mol. The highest BCUT2D eigenvalue weighted by molar-refractivity contribution is 5.78. The second-order valence-electron chi connectivity index (χ2n) is 14.7. The molecule has 2 bridgehead atoms. The summed E-state index contributed by atoms with van der Waals surface area (Å²) >= 11 is 0. The van der Waals surface area contributed by atoms with Crippen LogP contribution in [0.2, 0.25) is 0 Å². The monoisotopic (exact) mass is 610 g/mol. The van der Waals surface area contributed by atoms with E-state index in [2.05, 4.69) is 71.7 Å². The Morgan fingerprint density at radius 1 is 0.933 bits per heavy atom. The molecule has 45 heavy (non-hydrogen) atoms. The van der Waals surface area contributed by atoms with Crippen LogP contribution in [0.5, 0.6) is 17.2 Å².